The zero-order chi connectivity index (χ0) is 32.4. The van der Waals surface area contributed by atoms with Crippen molar-refractivity contribution in [2.45, 2.75) is 108 Å². The van der Waals surface area contributed by atoms with E-state index in [4.69, 9.17) is 40.0 Å². The third-order valence-corrected chi connectivity index (χ3v) is 9.73. The number of ether oxygens (including phenoxy) is 6. The van der Waals surface area contributed by atoms with Crippen molar-refractivity contribution >= 4 is 47.4 Å². The number of fused-ring (bicyclic) bond motifs is 2. The summed E-state index contributed by atoms with van der Waals surface area (Å²) in [6, 6.07) is 0. The van der Waals surface area contributed by atoms with Crippen LogP contribution >= 0.6 is 11.6 Å². The first-order valence-corrected chi connectivity index (χ1v) is 14.1. The molecule has 3 heterocycles. The summed E-state index contributed by atoms with van der Waals surface area (Å²) in [6.45, 7) is 11.0. The summed E-state index contributed by atoms with van der Waals surface area (Å²) in [6.07, 6.45) is -10.2. The third kappa shape index (κ3) is 4.87. The van der Waals surface area contributed by atoms with Crippen LogP contribution in [0.4, 0.5) is 0 Å². The van der Waals surface area contributed by atoms with E-state index in [0.29, 0.717) is 0 Å². The molecule has 2 N–H and O–H groups in total. The number of aliphatic hydroxyl groups is 1. The van der Waals surface area contributed by atoms with Gasteiger partial charge >= 0.3 is 35.8 Å². The highest BCUT2D eigenvalue weighted by Gasteiger charge is 2.79. The van der Waals surface area contributed by atoms with Gasteiger partial charge in [-0.15, -0.1) is 11.6 Å². The van der Waals surface area contributed by atoms with E-state index in [1.165, 1.54) is 13.8 Å². The second kappa shape index (κ2) is 11.0. The Hall–Kier alpha value is -3.23. The number of aliphatic carboxylic acids is 1. The van der Waals surface area contributed by atoms with Gasteiger partial charge in [-0.3, -0.25) is 24.0 Å². The molecule has 0 aromatic rings. The zero-order valence-electron chi connectivity index (χ0n) is 24.5. The fraction of sp³-hybridized carbons (Fsp3) is 0.714. The van der Waals surface area contributed by atoms with Gasteiger partial charge in [-0.25, -0.2) is 4.79 Å². The minimum absolute atomic E-state index is 0.0459. The van der Waals surface area contributed by atoms with Gasteiger partial charge in [-0.05, 0) is 25.3 Å². The molecule has 2 bridgehead atoms. The average Bonchev–Trinajstić information content (AvgIpc) is 3.14. The highest BCUT2D eigenvalue weighted by molar-refractivity contribution is 6.23. The highest BCUT2D eigenvalue weighted by atomic mass is 35.5. The van der Waals surface area contributed by atoms with Crippen LogP contribution in [0.25, 0.3) is 0 Å². The maximum atomic E-state index is 13.2. The number of carboxylic acid groups (broad SMARTS) is 1. The summed E-state index contributed by atoms with van der Waals surface area (Å²) in [5.41, 5.74) is -6.81. The zero-order valence-corrected chi connectivity index (χ0v) is 25.2. The van der Waals surface area contributed by atoms with Crippen molar-refractivity contribution in [2.75, 3.05) is 0 Å². The van der Waals surface area contributed by atoms with E-state index in [-0.39, 0.29) is 12.0 Å². The SMILES string of the molecule is C=C1C(Cl)C2OC(=O)C(C)C23OC1C(OC(C)=O)[C@H](OC(C)=O)[C@@]1(C)C(OC(C)=O)CC[C@](O)(C(=O)O)C1[C@@H]3OC(C)=O. The molecule has 12 atom stereocenters. The minimum atomic E-state index is -2.78. The third-order valence-electron chi connectivity index (χ3n) is 9.22. The molecule has 3 aliphatic heterocycles. The minimum Gasteiger partial charge on any atom is -0.479 e. The first-order valence-electron chi connectivity index (χ1n) is 13.7. The van der Waals surface area contributed by atoms with Crippen molar-refractivity contribution in [1.82, 2.24) is 0 Å². The standard InChI is InChI=1S/C28H35ClO14/c1-10-17(29)21-28(11(2)24(34)42-21)23(41-15(6)33)20-26(7,16(38-12(3)30)8-9-27(20,37)25(35)36)22(40-14(5)32)19(18(10)43-28)39-13(4)31/h11,16-23,37H,1,8-9H2,2-7H3,(H,35,36)/t11?,16?,17?,18?,19?,20?,21?,22-,23-,26-,27+,28?/m0/s1. The first kappa shape index (κ1) is 32.7. The first-order chi connectivity index (χ1) is 19.8. The molecule has 4 fully saturated rings. The lowest BCUT2D eigenvalue weighted by atomic mass is 9.50. The Kier molecular flexibility index (Phi) is 8.39. The van der Waals surface area contributed by atoms with Gasteiger partial charge in [-0.2, -0.15) is 0 Å². The monoisotopic (exact) mass is 630 g/mol. The van der Waals surface area contributed by atoms with Gasteiger partial charge in [0.15, 0.2) is 29.5 Å². The molecule has 4 aliphatic rings. The molecule has 8 unspecified atom stereocenters. The number of hydrogen-bond donors (Lipinski definition) is 2. The van der Waals surface area contributed by atoms with Crippen molar-refractivity contribution in [3.05, 3.63) is 12.2 Å². The fourth-order valence-corrected chi connectivity index (χ4v) is 7.88. The molecule has 0 amide bonds. The average molecular weight is 631 g/mol. The van der Waals surface area contributed by atoms with Crippen molar-refractivity contribution in [3.63, 3.8) is 0 Å². The molecule has 3 saturated heterocycles. The molecular weight excluding hydrogens is 596 g/mol. The van der Waals surface area contributed by atoms with Crippen LogP contribution < -0.4 is 0 Å². The molecule has 1 saturated carbocycles. The van der Waals surface area contributed by atoms with Gasteiger partial charge in [0.05, 0.1) is 22.6 Å². The molecule has 43 heavy (non-hydrogen) atoms. The van der Waals surface area contributed by atoms with Crippen LogP contribution in [0.2, 0.25) is 0 Å². The fourth-order valence-electron chi connectivity index (χ4n) is 7.50. The van der Waals surface area contributed by atoms with Crippen molar-refractivity contribution in [3.8, 4) is 0 Å². The number of hydrogen-bond acceptors (Lipinski definition) is 13. The van der Waals surface area contributed by atoms with Gasteiger partial charge in [0.1, 0.15) is 18.3 Å². The Balaban J connectivity index is 2.20. The molecule has 14 nitrogen and oxygen atoms in total. The summed E-state index contributed by atoms with van der Waals surface area (Å²) in [7, 11) is 0. The Morgan fingerprint density at radius 3 is 2.00 bits per heavy atom. The Morgan fingerprint density at radius 2 is 1.49 bits per heavy atom. The second-order valence-corrected chi connectivity index (χ2v) is 12.3. The van der Waals surface area contributed by atoms with Crippen LogP contribution in [0.15, 0.2) is 12.2 Å². The number of carbonyl (C=O) groups is 6. The highest BCUT2D eigenvalue weighted by Crippen LogP contribution is 2.62. The Bertz CT molecular complexity index is 1270. The quantitative estimate of drug-likeness (QED) is 0.187. The maximum absolute atomic E-state index is 13.2. The summed E-state index contributed by atoms with van der Waals surface area (Å²) < 4.78 is 35.1. The lowest BCUT2D eigenvalue weighted by molar-refractivity contribution is -0.322. The summed E-state index contributed by atoms with van der Waals surface area (Å²) >= 11 is 6.83. The molecule has 238 valence electrons. The topological polar surface area (TPSA) is 198 Å². The van der Waals surface area contributed by atoms with Crippen LogP contribution in [0.5, 0.6) is 0 Å². The van der Waals surface area contributed by atoms with E-state index in [2.05, 4.69) is 6.58 Å². The van der Waals surface area contributed by atoms with Crippen molar-refractivity contribution < 1.29 is 67.4 Å². The van der Waals surface area contributed by atoms with E-state index in [1.54, 1.807) is 0 Å². The molecule has 1 spiro atoms. The van der Waals surface area contributed by atoms with Crippen LogP contribution in [0, 0.1) is 17.3 Å². The predicted octanol–water partition coefficient (Wildman–Crippen LogP) is 0.822. The number of carboxylic acids is 1. The molecular formula is C28H35ClO14. The van der Waals surface area contributed by atoms with Gasteiger partial charge in [0, 0.05) is 27.7 Å². The largest absolute Gasteiger partial charge is 0.479 e. The molecule has 4 rings (SSSR count). The molecule has 0 aromatic heterocycles. The molecule has 0 aromatic carbocycles. The number of carbonyl (C=O) groups excluding carboxylic acids is 5. The lowest BCUT2D eigenvalue weighted by Gasteiger charge is -2.63. The summed E-state index contributed by atoms with van der Waals surface area (Å²) in [5, 5.41) is 21.3. The van der Waals surface area contributed by atoms with Gasteiger partial charge in [-0.1, -0.05) is 13.5 Å². The van der Waals surface area contributed by atoms with Gasteiger partial charge < -0.3 is 38.6 Å². The summed E-state index contributed by atoms with van der Waals surface area (Å²) in [5.74, 6) is -9.27. The maximum Gasteiger partial charge on any atom is 0.336 e. The number of rotatable bonds is 5. The Labute approximate surface area is 251 Å². The van der Waals surface area contributed by atoms with E-state index >= 15 is 0 Å². The smallest absolute Gasteiger partial charge is 0.336 e. The Morgan fingerprint density at radius 1 is 0.953 bits per heavy atom. The molecule has 0 radical (unpaired) electrons. The number of alkyl halides is 1. The van der Waals surface area contributed by atoms with Crippen LogP contribution in [-0.4, -0.2) is 99.2 Å². The van der Waals surface area contributed by atoms with Crippen LogP contribution in [0.3, 0.4) is 0 Å². The van der Waals surface area contributed by atoms with Crippen LogP contribution in [-0.2, 0) is 57.2 Å². The summed E-state index contributed by atoms with van der Waals surface area (Å²) in [4.78, 5) is 76.5. The normalized spacial score (nSPS) is 43.5. The molecule has 1 aliphatic carbocycles. The number of esters is 5. The van der Waals surface area contributed by atoms with E-state index in [1.807, 2.05) is 0 Å². The van der Waals surface area contributed by atoms with E-state index in [9.17, 15) is 39.0 Å². The van der Waals surface area contributed by atoms with E-state index in [0.717, 1.165) is 27.7 Å². The van der Waals surface area contributed by atoms with Gasteiger partial charge in [0.25, 0.3) is 0 Å². The second-order valence-electron chi connectivity index (χ2n) is 11.8. The predicted molar refractivity (Wildman–Crippen MR) is 141 cm³/mol. The number of halogens is 1. The van der Waals surface area contributed by atoms with Crippen molar-refractivity contribution in [1.29, 1.82) is 0 Å². The van der Waals surface area contributed by atoms with E-state index < -0.39 is 113 Å². The van der Waals surface area contributed by atoms with Crippen LogP contribution in [0.1, 0.15) is 54.4 Å². The van der Waals surface area contributed by atoms with Gasteiger partial charge in [0.2, 0.25) is 0 Å². The molecule has 15 heteroatoms. The van der Waals surface area contributed by atoms with Crippen molar-refractivity contribution in [2.24, 2.45) is 17.3 Å². The lowest BCUT2D eigenvalue weighted by Crippen LogP contribution is -2.79.